The van der Waals surface area contributed by atoms with Gasteiger partial charge in [-0.1, -0.05) is 38.8 Å². The zero-order valence-corrected chi connectivity index (χ0v) is 12.6. The molecule has 0 bridgehead atoms. The van der Waals surface area contributed by atoms with E-state index in [1.807, 2.05) is 6.92 Å². The topological polar surface area (TPSA) is 34.1 Å². The minimum absolute atomic E-state index is 0.108. The summed E-state index contributed by atoms with van der Waals surface area (Å²) in [7, 11) is 0. The second-order valence-corrected chi connectivity index (χ2v) is 3.83. The molecule has 0 saturated carbocycles. The number of halogens is 2. The number of ketones is 2. The fraction of sp³-hybridized carbons (Fsp3) is 0.455. The fourth-order valence-corrected chi connectivity index (χ4v) is 0.994. The number of rotatable bonds is 3. The van der Waals surface area contributed by atoms with Gasteiger partial charge in [0.2, 0.25) is 0 Å². The molecular formula is C11H16Br2O2. The van der Waals surface area contributed by atoms with Crippen molar-refractivity contribution in [2.45, 2.75) is 34.1 Å². The lowest BCUT2D eigenvalue weighted by molar-refractivity contribution is -0.115. The molecule has 0 fully saturated rings. The summed E-state index contributed by atoms with van der Waals surface area (Å²) in [6, 6.07) is 0. The Morgan fingerprint density at radius 3 is 1.47 bits per heavy atom. The zero-order chi connectivity index (χ0) is 12.4. The molecule has 0 aromatic carbocycles. The van der Waals surface area contributed by atoms with Crippen molar-refractivity contribution in [1.29, 1.82) is 0 Å². The summed E-state index contributed by atoms with van der Waals surface area (Å²) in [6.45, 7) is 6.94. The normalized spacial score (nSPS) is 11.6. The first kappa shape index (κ1) is 17.2. The molecule has 0 aliphatic carbocycles. The van der Waals surface area contributed by atoms with Crippen LogP contribution in [0.1, 0.15) is 34.1 Å². The number of carbonyl (C=O) groups is 2. The number of hydrogen-bond donors (Lipinski definition) is 0. The summed E-state index contributed by atoms with van der Waals surface area (Å²) < 4.78 is 0. The van der Waals surface area contributed by atoms with E-state index in [-0.39, 0.29) is 11.6 Å². The number of allylic oxidation sites excluding steroid dienone is 2. The van der Waals surface area contributed by atoms with Crippen LogP contribution >= 0.6 is 31.9 Å². The molecule has 0 aliphatic heterocycles. The minimum atomic E-state index is 0.108. The highest BCUT2D eigenvalue weighted by Crippen LogP contribution is 2.00. The van der Waals surface area contributed by atoms with Crippen molar-refractivity contribution in [2.75, 3.05) is 0 Å². The van der Waals surface area contributed by atoms with E-state index < -0.39 is 0 Å². The summed E-state index contributed by atoms with van der Waals surface area (Å²) in [4.78, 5) is 24.2. The maximum absolute atomic E-state index is 10.6. The van der Waals surface area contributed by atoms with Crippen molar-refractivity contribution in [1.82, 2.24) is 0 Å². The van der Waals surface area contributed by atoms with Crippen molar-refractivity contribution >= 4 is 43.4 Å². The number of Topliss-reactive ketones (excluding diaryl/α,β-unsaturated/α-hetero) is 2. The maximum Gasteiger partial charge on any atom is 0.158 e. The predicted octanol–water partition coefficient (Wildman–Crippen LogP) is 4.14. The molecule has 0 saturated heterocycles. The molecule has 2 nitrogen and oxygen atoms in total. The summed E-state index contributed by atoms with van der Waals surface area (Å²) in [5.74, 6) is 0.304. The molecule has 0 N–H and O–H groups in total. The van der Waals surface area contributed by atoms with Crippen LogP contribution in [0.25, 0.3) is 0 Å². The van der Waals surface area contributed by atoms with Crippen LogP contribution in [0.5, 0.6) is 0 Å². The Morgan fingerprint density at radius 1 is 1.00 bits per heavy atom. The smallest absolute Gasteiger partial charge is 0.158 e. The van der Waals surface area contributed by atoms with Crippen LogP contribution in [-0.2, 0) is 9.59 Å². The Bertz CT molecular complexity index is 278. The van der Waals surface area contributed by atoms with Crippen molar-refractivity contribution in [3.05, 3.63) is 21.1 Å². The lowest BCUT2D eigenvalue weighted by atomic mass is 10.2. The third kappa shape index (κ3) is 10.1. The van der Waals surface area contributed by atoms with Crippen molar-refractivity contribution in [3.8, 4) is 0 Å². The lowest BCUT2D eigenvalue weighted by Crippen LogP contribution is -1.94. The van der Waals surface area contributed by atoms with E-state index >= 15 is 0 Å². The van der Waals surface area contributed by atoms with E-state index in [0.29, 0.717) is 6.42 Å². The van der Waals surface area contributed by atoms with Crippen LogP contribution in [-0.4, -0.2) is 11.6 Å². The highest BCUT2D eigenvalue weighted by molar-refractivity contribution is 9.11. The summed E-state index contributed by atoms with van der Waals surface area (Å²) in [6.07, 6.45) is 0.591. The molecule has 0 amide bonds. The molecule has 0 spiro atoms. The molecule has 0 rings (SSSR count). The van der Waals surface area contributed by atoms with E-state index in [0.717, 1.165) is 11.1 Å². The third-order valence-corrected chi connectivity index (χ3v) is 3.02. The summed E-state index contributed by atoms with van der Waals surface area (Å²) in [5, 5.41) is 0. The minimum Gasteiger partial charge on any atom is -0.295 e. The van der Waals surface area contributed by atoms with Crippen molar-refractivity contribution < 1.29 is 9.59 Å². The van der Waals surface area contributed by atoms with E-state index in [4.69, 9.17) is 0 Å². The molecular weight excluding hydrogens is 324 g/mol. The van der Waals surface area contributed by atoms with E-state index in [2.05, 4.69) is 31.9 Å². The van der Waals surface area contributed by atoms with Crippen molar-refractivity contribution in [2.24, 2.45) is 0 Å². The Labute approximate surface area is 108 Å². The molecule has 86 valence electrons. The predicted molar refractivity (Wildman–Crippen MR) is 71.3 cm³/mol. The van der Waals surface area contributed by atoms with Crippen LogP contribution in [0.3, 0.4) is 0 Å². The fourth-order valence-electron chi connectivity index (χ4n) is 0.417. The lowest BCUT2D eigenvalue weighted by Gasteiger charge is -1.90. The van der Waals surface area contributed by atoms with Crippen LogP contribution in [0.2, 0.25) is 0 Å². The molecule has 0 aliphatic rings. The molecule has 0 aromatic heterocycles. The molecule has 0 aromatic rings. The first-order valence-corrected chi connectivity index (χ1v) is 6.31. The molecule has 0 unspecified atom stereocenters. The third-order valence-electron chi connectivity index (χ3n) is 1.64. The van der Waals surface area contributed by atoms with Gasteiger partial charge >= 0.3 is 0 Å². The van der Waals surface area contributed by atoms with Gasteiger partial charge < -0.3 is 0 Å². The largest absolute Gasteiger partial charge is 0.295 e. The number of carbonyl (C=O) groups excluding carboxylic acids is 2. The van der Waals surface area contributed by atoms with Crippen LogP contribution in [0.4, 0.5) is 0 Å². The van der Waals surface area contributed by atoms with Gasteiger partial charge in [-0.3, -0.25) is 9.59 Å². The monoisotopic (exact) mass is 338 g/mol. The first-order valence-electron chi connectivity index (χ1n) is 4.48. The Morgan fingerprint density at radius 2 is 1.40 bits per heavy atom. The van der Waals surface area contributed by atoms with Gasteiger partial charge in [0, 0.05) is 6.42 Å². The van der Waals surface area contributed by atoms with Crippen LogP contribution in [0.15, 0.2) is 21.1 Å². The Hall–Kier alpha value is -0.220. The highest BCUT2D eigenvalue weighted by atomic mass is 79.9. The standard InChI is InChI=1S/C6H9BrO.C5H7BrO/c1-3-6(8)5(2)4-7;1-4(3-6)5(2)7/h4H,3H2,1-2H3;3H,1-2H3/b5-4+;4-3+. The second-order valence-electron chi connectivity index (χ2n) is 2.92. The van der Waals surface area contributed by atoms with E-state index in [1.54, 1.807) is 23.8 Å². The molecule has 0 heterocycles. The van der Waals surface area contributed by atoms with E-state index in [9.17, 15) is 9.59 Å². The quantitative estimate of drug-likeness (QED) is 0.724. The zero-order valence-electron chi connectivity index (χ0n) is 9.43. The van der Waals surface area contributed by atoms with Gasteiger partial charge in [-0.25, -0.2) is 0 Å². The van der Waals surface area contributed by atoms with E-state index in [1.165, 1.54) is 6.92 Å². The van der Waals surface area contributed by atoms with Crippen LogP contribution in [0, 0.1) is 0 Å². The maximum atomic E-state index is 10.6. The van der Waals surface area contributed by atoms with Gasteiger partial charge in [-0.05, 0) is 41.9 Å². The van der Waals surface area contributed by atoms with Gasteiger partial charge in [0.25, 0.3) is 0 Å². The van der Waals surface area contributed by atoms with Crippen LogP contribution < -0.4 is 0 Å². The van der Waals surface area contributed by atoms with Gasteiger partial charge in [-0.2, -0.15) is 0 Å². The second kappa shape index (κ2) is 10.3. The van der Waals surface area contributed by atoms with Gasteiger partial charge in [0.1, 0.15) is 0 Å². The molecule has 4 heteroatoms. The van der Waals surface area contributed by atoms with Gasteiger partial charge in [-0.15, -0.1) is 0 Å². The highest BCUT2D eigenvalue weighted by Gasteiger charge is 1.96. The van der Waals surface area contributed by atoms with Crippen molar-refractivity contribution in [3.63, 3.8) is 0 Å². The average Bonchev–Trinajstić information content (AvgIpc) is 2.26. The number of hydrogen-bond acceptors (Lipinski definition) is 2. The Balaban J connectivity index is 0. The molecule has 0 atom stereocenters. The first-order chi connectivity index (χ1) is 6.90. The SMILES string of the molecule is CC(=O)/C(C)=C/Br.CCC(=O)/C(C)=C/Br. The Kier molecular flexibility index (Phi) is 11.8. The molecule has 0 radical (unpaired) electrons. The summed E-state index contributed by atoms with van der Waals surface area (Å²) in [5.41, 5.74) is 1.53. The van der Waals surface area contributed by atoms with Gasteiger partial charge in [0.05, 0.1) is 0 Å². The summed E-state index contributed by atoms with van der Waals surface area (Å²) >= 11 is 6.11. The molecule has 15 heavy (non-hydrogen) atoms. The average molecular weight is 340 g/mol. The van der Waals surface area contributed by atoms with Gasteiger partial charge in [0.15, 0.2) is 11.6 Å².